The largest absolute Gasteiger partial charge is 0.397 e. The molecule has 14 heavy (non-hydrogen) atoms. The standard InChI is InChI=1S/C11H14N2O/c12-9-5-8(6-13-7-9)10-3-1-2-4-11(10)14/h5-7,10H,1-4,12H2. The van der Waals surface area contributed by atoms with E-state index in [-0.39, 0.29) is 5.92 Å². The summed E-state index contributed by atoms with van der Waals surface area (Å²) in [5.74, 6) is 0.378. The van der Waals surface area contributed by atoms with E-state index in [0.717, 1.165) is 24.8 Å². The number of carbonyl (C=O) groups excluding carboxylic acids is 1. The maximum Gasteiger partial charge on any atom is 0.140 e. The molecule has 1 unspecified atom stereocenters. The van der Waals surface area contributed by atoms with E-state index in [1.807, 2.05) is 6.07 Å². The van der Waals surface area contributed by atoms with Crippen LogP contribution in [0.3, 0.4) is 0 Å². The molecule has 1 fully saturated rings. The Balaban J connectivity index is 2.24. The van der Waals surface area contributed by atoms with Crippen LogP contribution in [0.4, 0.5) is 5.69 Å². The fourth-order valence-corrected chi connectivity index (χ4v) is 2.00. The number of nitrogens with two attached hydrogens (primary N) is 1. The van der Waals surface area contributed by atoms with E-state index >= 15 is 0 Å². The zero-order chi connectivity index (χ0) is 9.97. The van der Waals surface area contributed by atoms with Crippen LogP contribution in [0.25, 0.3) is 0 Å². The third kappa shape index (κ3) is 1.76. The lowest BCUT2D eigenvalue weighted by Crippen LogP contribution is -2.17. The summed E-state index contributed by atoms with van der Waals surface area (Å²) in [4.78, 5) is 15.7. The third-order valence-corrected chi connectivity index (χ3v) is 2.74. The second-order valence-corrected chi connectivity index (χ2v) is 3.82. The van der Waals surface area contributed by atoms with Crippen LogP contribution in [0.2, 0.25) is 0 Å². The molecule has 74 valence electrons. The minimum absolute atomic E-state index is 0.0414. The van der Waals surface area contributed by atoms with Gasteiger partial charge in [0.05, 0.1) is 5.69 Å². The van der Waals surface area contributed by atoms with Crippen molar-refractivity contribution in [3.05, 3.63) is 24.0 Å². The second-order valence-electron chi connectivity index (χ2n) is 3.82. The van der Waals surface area contributed by atoms with Crippen molar-refractivity contribution >= 4 is 11.5 Å². The quantitative estimate of drug-likeness (QED) is 0.735. The molecule has 0 amide bonds. The summed E-state index contributed by atoms with van der Waals surface area (Å²) in [6.07, 6.45) is 7.18. The summed E-state index contributed by atoms with van der Waals surface area (Å²) in [6.45, 7) is 0. The summed E-state index contributed by atoms with van der Waals surface area (Å²) < 4.78 is 0. The van der Waals surface area contributed by atoms with Crippen LogP contribution in [-0.4, -0.2) is 10.8 Å². The van der Waals surface area contributed by atoms with Gasteiger partial charge in [-0.05, 0) is 24.5 Å². The Hall–Kier alpha value is -1.38. The third-order valence-electron chi connectivity index (χ3n) is 2.74. The highest BCUT2D eigenvalue weighted by Gasteiger charge is 2.23. The van der Waals surface area contributed by atoms with Crippen molar-refractivity contribution in [2.75, 3.05) is 5.73 Å². The van der Waals surface area contributed by atoms with Gasteiger partial charge in [0.2, 0.25) is 0 Å². The van der Waals surface area contributed by atoms with E-state index < -0.39 is 0 Å². The lowest BCUT2D eigenvalue weighted by molar-refractivity contribution is -0.121. The first-order chi connectivity index (χ1) is 6.77. The summed E-state index contributed by atoms with van der Waals surface area (Å²) in [6, 6.07) is 1.86. The van der Waals surface area contributed by atoms with Crippen LogP contribution in [-0.2, 0) is 4.79 Å². The van der Waals surface area contributed by atoms with Gasteiger partial charge in [0.1, 0.15) is 5.78 Å². The lowest BCUT2D eigenvalue weighted by atomic mass is 9.83. The van der Waals surface area contributed by atoms with Gasteiger partial charge in [-0.1, -0.05) is 6.42 Å². The maximum atomic E-state index is 11.6. The molecule has 1 aliphatic carbocycles. The number of nitrogens with zero attached hydrogens (tertiary/aromatic N) is 1. The summed E-state index contributed by atoms with van der Waals surface area (Å²) in [5, 5.41) is 0. The number of pyridine rings is 1. The van der Waals surface area contributed by atoms with Gasteiger partial charge in [-0.25, -0.2) is 0 Å². The van der Waals surface area contributed by atoms with Gasteiger partial charge in [0, 0.05) is 24.7 Å². The molecule has 1 aliphatic rings. The molecule has 1 aromatic heterocycles. The van der Waals surface area contributed by atoms with Crippen LogP contribution < -0.4 is 5.73 Å². The van der Waals surface area contributed by atoms with Gasteiger partial charge in [-0.2, -0.15) is 0 Å². The summed E-state index contributed by atoms with van der Waals surface area (Å²) in [7, 11) is 0. The lowest BCUT2D eigenvalue weighted by Gasteiger charge is -2.20. The van der Waals surface area contributed by atoms with Crippen LogP contribution in [0.15, 0.2) is 18.5 Å². The molecule has 2 rings (SSSR count). The number of anilines is 1. The van der Waals surface area contributed by atoms with Crippen molar-refractivity contribution < 1.29 is 4.79 Å². The number of Topliss-reactive ketones (excluding diaryl/α,β-unsaturated/α-hetero) is 1. The Bertz CT molecular complexity index is 349. The van der Waals surface area contributed by atoms with Crippen molar-refractivity contribution in [1.82, 2.24) is 4.98 Å². The fourth-order valence-electron chi connectivity index (χ4n) is 2.00. The molecule has 2 N–H and O–H groups in total. The Kier molecular flexibility index (Phi) is 2.48. The minimum atomic E-state index is 0.0414. The van der Waals surface area contributed by atoms with Crippen molar-refractivity contribution in [3.8, 4) is 0 Å². The molecule has 3 heteroatoms. The molecular formula is C11H14N2O. The highest BCUT2D eigenvalue weighted by Crippen LogP contribution is 2.29. The highest BCUT2D eigenvalue weighted by atomic mass is 16.1. The fraction of sp³-hybridized carbons (Fsp3) is 0.455. The number of nitrogen functional groups attached to an aromatic ring is 1. The van der Waals surface area contributed by atoms with E-state index in [2.05, 4.69) is 4.98 Å². The Morgan fingerprint density at radius 2 is 2.21 bits per heavy atom. The number of ketones is 1. The van der Waals surface area contributed by atoms with E-state index in [1.54, 1.807) is 12.4 Å². The average molecular weight is 190 g/mol. The van der Waals surface area contributed by atoms with Gasteiger partial charge >= 0.3 is 0 Å². The van der Waals surface area contributed by atoms with Gasteiger partial charge in [0.25, 0.3) is 0 Å². The van der Waals surface area contributed by atoms with Crippen molar-refractivity contribution in [3.63, 3.8) is 0 Å². The van der Waals surface area contributed by atoms with Crippen molar-refractivity contribution in [2.45, 2.75) is 31.6 Å². The molecule has 3 nitrogen and oxygen atoms in total. The predicted octanol–water partition coefficient (Wildman–Crippen LogP) is 1.89. The van der Waals surface area contributed by atoms with Gasteiger partial charge in [-0.3, -0.25) is 9.78 Å². The van der Waals surface area contributed by atoms with Crippen LogP contribution in [0, 0.1) is 0 Å². The Morgan fingerprint density at radius 1 is 1.36 bits per heavy atom. The topological polar surface area (TPSA) is 56.0 Å². The first-order valence-corrected chi connectivity index (χ1v) is 5.00. The smallest absolute Gasteiger partial charge is 0.140 e. The van der Waals surface area contributed by atoms with E-state index in [0.29, 0.717) is 17.9 Å². The molecule has 1 atom stereocenters. The first kappa shape index (κ1) is 9.19. The van der Waals surface area contributed by atoms with E-state index in [9.17, 15) is 4.79 Å². The molecule has 1 heterocycles. The normalized spacial score (nSPS) is 22.3. The average Bonchev–Trinajstić information content (AvgIpc) is 2.18. The van der Waals surface area contributed by atoms with Gasteiger partial charge in [0.15, 0.2) is 0 Å². The molecule has 0 bridgehead atoms. The van der Waals surface area contributed by atoms with Crippen molar-refractivity contribution in [1.29, 1.82) is 0 Å². The summed E-state index contributed by atoms with van der Waals surface area (Å²) in [5.41, 5.74) is 7.26. The molecule has 0 saturated heterocycles. The Labute approximate surface area is 83.3 Å². The zero-order valence-corrected chi connectivity index (χ0v) is 8.07. The van der Waals surface area contributed by atoms with Gasteiger partial charge in [-0.15, -0.1) is 0 Å². The molecule has 0 radical (unpaired) electrons. The monoisotopic (exact) mass is 190 g/mol. The molecular weight excluding hydrogens is 176 g/mol. The van der Waals surface area contributed by atoms with Crippen LogP contribution >= 0.6 is 0 Å². The van der Waals surface area contributed by atoms with E-state index in [1.165, 1.54) is 0 Å². The second kappa shape index (κ2) is 3.78. The van der Waals surface area contributed by atoms with Gasteiger partial charge < -0.3 is 5.73 Å². The number of carbonyl (C=O) groups is 1. The highest BCUT2D eigenvalue weighted by molar-refractivity contribution is 5.86. The maximum absolute atomic E-state index is 11.6. The number of hydrogen-bond acceptors (Lipinski definition) is 3. The van der Waals surface area contributed by atoms with E-state index in [4.69, 9.17) is 5.73 Å². The first-order valence-electron chi connectivity index (χ1n) is 5.00. The summed E-state index contributed by atoms with van der Waals surface area (Å²) >= 11 is 0. The number of rotatable bonds is 1. The molecule has 0 aliphatic heterocycles. The Morgan fingerprint density at radius 3 is 2.93 bits per heavy atom. The molecule has 0 spiro atoms. The zero-order valence-electron chi connectivity index (χ0n) is 8.07. The van der Waals surface area contributed by atoms with Crippen LogP contribution in [0.5, 0.6) is 0 Å². The number of aromatic nitrogens is 1. The molecule has 0 aromatic carbocycles. The predicted molar refractivity (Wildman–Crippen MR) is 54.9 cm³/mol. The molecule has 1 saturated carbocycles. The molecule has 1 aromatic rings. The number of hydrogen-bond donors (Lipinski definition) is 1. The SMILES string of the molecule is Nc1cncc(C2CCCCC2=O)c1. The minimum Gasteiger partial charge on any atom is -0.397 e. The van der Waals surface area contributed by atoms with Crippen LogP contribution in [0.1, 0.15) is 37.2 Å². The van der Waals surface area contributed by atoms with Crippen molar-refractivity contribution in [2.24, 2.45) is 0 Å².